The first kappa shape index (κ1) is 10.8. The Balaban J connectivity index is 0.000000293. The smallest absolute Gasteiger partial charge is 0.269 e. The summed E-state index contributed by atoms with van der Waals surface area (Å²) in [5, 5.41) is 6.91. The summed E-state index contributed by atoms with van der Waals surface area (Å²) in [6.07, 6.45) is 1.25. The van der Waals surface area contributed by atoms with E-state index in [4.69, 9.17) is 0 Å². The van der Waals surface area contributed by atoms with Crippen molar-refractivity contribution in [1.29, 1.82) is 0 Å². The number of nitrogens with zero attached hydrogens (tertiary/aromatic N) is 2. The maximum Gasteiger partial charge on any atom is 0.269 e. The van der Waals surface area contributed by atoms with Gasteiger partial charge in [-0.3, -0.25) is 9.48 Å². The molecular formula is C10H17N3O. The standard InChI is InChI=1S/C7H9N3O.C3H8/c1-5-4-6-7(11)8-2-3-10(6)9-5;1-3-2/h4H,2-3H2,1H3,(H,8,11);3H2,1-2H3. The first-order valence-corrected chi connectivity index (χ1v) is 5.01. The molecule has 0 unspecified atom stereocenters. The Morgan fingerprint density at radius 3 is 2.79 bits per heavy atom. The maximum atomic E-state index is 11.1. The van der Waals surface area contributed by atoms with Crippen LogP contribution >= 0.6 is 0 Å². The molecule has 0 saturated heterocycles. The van der Waals surface area contributed by atoms with Crippen LogP contribution < -0.4 is 5.32 Å². The Kier molecular flexibility index (Phi) is 3.68. The van der Waals surface area contributed by atoms with Gasteiger partial charge in [-0.05, 0) is 13.0 Å². The number of aromatic nitrogens is 2. The summed E-state index contributed by atoms with van der Waals surface area (Å²) in [4.78, 5) is 11.1. The van der Waals surface area contributed by atoms with E-state index in [1.54, 1.807) is 10.7 Å². The Morgan fingerprint density at radius 1 is 1.57 bits per heavy atom. The third-order valence-corrected chi connectivity index (χ3v) is 1.74. The lowest BCUT2D eigenvalue weighted by Gasteiger charge is -2.13. The molecule has 0 saturated carbocycles. The van der Waals surface area contributed by atoms with Crippen LogP contribution in [-0.4, -0.2) is 22.2 Å². The van der Waals surface area contributed by atoms with E-state index in [1.807, 2.05) is 6.92 Å². The van der Waals surface area contributed by atoms with Crippen LogP contribution in [-0.2, 0) is 6.54 Å². The molecule has 0 fully saturated rings. The largest absolute Gasteiger partial charge is 0.349 e. The number of nitrogens with one attached hydrogen (secondary N) is 1. The second kappa shape index (κ2) is 4.79. The highest BCUT2D eigenvalue weighted by Crippen LogP contribution is 2.05. The fourth-order valence-electron chi connectivity index (χ4n) is 1.26. The van der Waals surface area contributed by atoms with Gasteiger partial charge in [-0.15, -0.1) is 0 Å². The van der Waals surface area contributed by atoms with E-state index in [0.717, 1.165) is 12.2 Å². The average Bonchev–Trinajstić information content (AvgIpc) is 2.48. The van der Waals surface area contributed by atoms with Crippen molar-refractivity contribution in [2.24, 2.45) is 0 Å². The van der Waals surface area contributed by atoms with Crippen LogP contribution in [0.2, 0.25) is 0 Å². The number of fused-ring (bicyclic) bond motifs is 1. The van der Waals surface area contributed by atoms with E-state index in [0.29, 0.717) is 12.2 Å². The molecule has 1 aliphatic rings. The first-order valence-electron chi connectivity index (χ1n) is 5.01. The van der Waals surface area contributed by atoms with E-state index < -0.39 is 0 Å². The van der Waals surface area contributed by atoms with Crippen LogP contribution in [0.25, 0.3) is 0 Å². The molecule has 1 aromatic heterocycles. The molecule has 0 radical (unpaired) electrons. The van der Waals surface area contributed by atoms with Gasteiger partial charge in [0, 0.05) is 6.54 Å². The zero-order chi connectivity index (χ0) is 10.6. The minimum absolute atomic E-state index is 0.0168. The summed E-state index contributed by atoms with van der Waals surface area (Å²) in [6, 6.07) is 1.80. The van der Waals surface area contributed by atoms with Crippen molar-refractivity contribution in [3.63, 3.8) is 0 Å². The highest BCUT2D eigenvalue weighted by molar-refractivity contribution is 5.93. The number of hydrogen-bond donors (Lipinski definition) is 1. The number of carbonyl (C=O) groups excluding carboxylic acids is 1. The third kappa shape index (κ3) is 2.34. The van der Waals surface area contributed by atoms with E-state index in [-0.39, 0.29) is 5.91 Å². The van der Waals surface area contributed by atoms with Crippen molar-refractivity contribution in [2.45, 2.75) is 33.7 Å². The number of carbonyl (C=O) groups is 1. The average molecular weight is 195 g/mol. The summed E-state index contributed by atoms with van der Waals surface area (Å²) < 4.78 is 1.74. The molecule has 1 N–H and O–H groups in total. The molecule has 0 aliphatic carbocycles. The summed E-state index contributed by atoms with van der Waals surface area (Å²) in [5.74, 6) is -0.0168. The number of aryl methyl sites for hydroxylation is 1. The summed E-state index contributed by atoms with van der Waals surface area (Å²) in [5.41, 5.74) is 1.57. The Hall–Kier alpha value is -1.32. The molecule has 1 aromatic rings. The van der Waals surface area contributed by atoms with Crippen LogP contribution in [0.3, 0.4) is 0 Å². The lowest BCUT2D eigenvalue weighted by molar-refractivity contribution is 0.0924. The van der Waals surface area contributed by atoms with Crippen LogP contribution in [0.1, 0.15) is 36.5 Å². The molecule has 4 heteroatoms. The highest BCUT2D eigenvalue weighted by Gasteiger charge is 2.17. The van der Waals surface area contributed by atoms with Gasteiger partial charge in [-0.2, -0.15) is 5.10 Å². The zero-order valence-corrected chi connectivity index (χ0v) is 9.00. The second-order valence-electron chi connectivity index (χ2n) is 3.36. The lowest BCUT2D eigenvalue weighted by atomic mass is 10.3. The van der Waals surface area contributed by atoms with Crippen molar-refractivity contribution in [3.05, 3.63) is 17.5 Å². The molecule has 0 spiro atoms. The molecule has 1 aliphatic heterocycles. The number of amides is 1. The van der Waals surface area contributed by atoms with Crippen LogP contribution in [0.5, 0.6) is 0 Å². The van der Waals surface area contributed by atoms with Crippen molar-refractivity contribution in [2.75, 3.05) is 6.54 Å². The maximum absolute atomic E-state index is 11.1. The molecule has 0 atom stereocenters. The van der Waals surface area contributed by atoms with Crippen molar-refractivity contribution in [3.8, 4) is 0 Å². The fourth-order valence-corrected chi connectivity index (χ4v) is 1.26. The molecule has 0 bridgehead atoms. The van der Waals surface area contributed by atoms with E-state index in [9.17, 15) is 4.79 Å². The van der Waals surface area contributed by atoms with E-state index in [1.165, 1.54) is 6.42 Å². The van der Waals surface area contributed by atoms with Gasteiger partial charge in [0.05, 0.1) is 12.2 Å². The first-order chi connectivity index (χ1) is 6.69. The molecule has 1 amide bonds. The van der Waals surface area contributed by atoms with E-state index >= 15 is 0 Å². The van der Waals surface area contributed by atoms with Gasteiger partial charge in [0.1, 0.15) is 5.69 Å². The SMILES string of the molecule is CCC.Cc1cc2n(n1)CCNC2=O. The molecule has 78 valence electrons. The summed E-state index contributed by atoms with van der Waals surface area (Å²) in [7, 11) is 0. The Bertz CT molecular complexity index is 317. The topological polar surface area (TPSA) is 46.9 Å². The van der Waals surface area contributed by atoms with Gasteiger partial charge >= 0.3 is 0 Å². The number of hydrogen-bond acceptors (Lipinski definition) is 2. The normalized spacial score (nSPS) is 13.8. The van der Waals surface area contributed by atoms with Crippen molar-refractivity contribution >= 4 is 5.91 Å². The molecule has 14 heavy (non-hydrogen) atoms. The monoisotopic (exact) mass is 195 g/mol. The fraction of sp³-hybridized carbons (Fsp3) is 0.600. The molecule has 2 rings (SSSR count). The minimum atomic E-state index is -0.0168. The van der Waals surface area contributed by atoms with Gasteiger partial charge < -0.3 is 5.32 Å². The van der Waals surface area contributed by atoms with Gasteiger partial charge in [0.25, 0.3) is 5.91 Å². The van der Waals surface area contributed by atoms with Gasteiger partial charge in [0.2, 0.25) is 0 Å². The minimum Gasteiger partial charge on any atom is -0.349 e. The van der Waals surface area contributed by atoms with Crippen LogP contribution in [0, 0.1) is 6.92 Å². The van der Waals surface area contributed by atoms with Crippen molar-refractivity contribution in [1.82, 2.24) is 15.1 Å². The second-order valence-corrected chi connectivity index (χ2v) is 3.36. The van der Waals surface area contributed by atoms with Crippen LogP contribution in [0.4, 0.5) is 0 Å². The summed E-state index contributed by atoms with van der Waals surface area (Å²) in [6.45, 7) is 7.61. The zero-order valence-electron chi connectivity index (χ0n) is 9.00. The molecule has 2 heterocycles. The van der Waals surface area contributed by atoms with Gasteiger partial charge in [0.15, 0.2) is 0 Å². The molecular weight excluding hydrogens is 178 g/mol. The Morgan fingerprint density at radius 2 is 2.21 bits per heavy atom. The number of rotatable bonds is 0. The van der Waals surface area contributed by atoms with Crippen LogP contribution in [0.15, 0.2) is 6.07 Å². The third-order valence-electron chi connectivity index (χ3n) is 1.74. The van der Waals surface area contributed by atoms with Crippen molar-refractivity contribution < 1.29 is 4.79 Å². The summed E-state index contributed by atoms with van der Waals surface area (Å²) >= 11 is 0. The molecule has 0 aromatic carbocycles. The molecule has 4 nitrogen and oxygen atoms in total. The van der Waals surface area contributed by atoms with Gasteiger partial charge in [-0.25, -0.2) is 0 Å². The lowest BCUT2D eigenvalue weighted by Crippen LogP contribution is -2.35. The van der Waals surface area contributed by atoms with E-state index in [2.05, 4.69) is 24.3 Å². The Labute approximate surface area is 84.3 Å². The van der Waals surface area contributed by atoms with Gasteiger partial charge in [-0.1, -0.05) is 20.3 Å². The quantitative estimate of drug-likeness (QED) is 0.679. The predicted molar refractivity (Wildman–Crippen MR) is 55.3 cm³/mol. The highest BCUT2D eigenvalue weighted by atomic mass is 16.2. The predicted octanol–water partition coefficient (Wildman–Crippen LogP) is 1.35.